The van der Waals surface area contributed by atoms with Crippen molar-refractivity contribution in [3.8, 4) is 0 Å². The molecule has 11 nitrogen and oxygen atoms in total. The van der Waals surface area contributed by atoms with Gasteiger partial charge < -0.3 is 14.2 Å². The summed E-state index contributed by atoms with van der Waals surface area (Å²) >= 11 is 0.831. The van der Waals surface area contributed by atoms with E-state index in [2.05, 4.69) is 9.47 Å². The molecule has 0 bridgehead atoms. The van der Waals surface area contributed by atoms with E-state index in [0.29, 0.717) is 0 Å². The van der Waals surface area contributed by atoms with Gasteiger partial charge in [0, 0.05) is 6.07 Å². The lowest BCUT2D eigenvalue weighted by Gasteiger charge is -2.29. The smallest absolute Gasteiger partial charge is 0.454 e. The molecule has 25 heavy (non-hydrogen) atoms. The molecule has 0 N–H and O–H groups in total. The summed E-state index contributed by atoms with van der Waals surface area (Å²) < 4.78 is 14.3. The molecule has 0 atom stereocenters. The Morgan fingerprint density at radius 3 is 2.48 bits per heavy atom. The Morgan fingerprint density at radius 1 is 1.28 bits per heavy atom. The number of hydrogen-bond donors (Lipinski definition) is 0. The Labute approximate surface area is 144 Å². The molecular weight excluding hydrogens is 360 g/mol. The van der Waals surface area contributed by atoms with E-state index in [9.17, 15) is 29.8 Å². The largest absolute Gasteiger partial charge is 0.508 e. The fourth-order valence-electron chi connectivity index (χ4n) is 1.84. The Bertz CT molecular complexity index is 726. The van der Waals surface area contributed by atoms with Crippen LogP contribution in [0, 0.1) is 25.6 Å². The van der Waals surface area contributed by atoms with E-state index in [1.54, 1.807) is 0 Å². The lowest BCUT2D eigenvalue weighted by Crippen LogP contribution is -2.44. The third kappa shape index (κ3) is 4.35. The second-order valence-corrected chi connectivity index (χ2v) is 6.21. The summed E-state index contributed by atoms with van der Waals surface area (Å²) in [6.45, 7) is 1.08. The molecule has 1 saturated heterocycles. The zero-order chi connectivity index (χ0) is 18.6. The zero-order valence-electron chi connectivity index (χ0n) is 12.8. The third-order valence-electron chi connectivity index (χ3n) is 3.26. The molecule has 0 amide bonds. The summed E-state index contributed by atoms with van der Waals surface area (Å²) in [4.78, 5) is 43.2. The van der Waals surface area contributed by atoms with Crippen LogP contribution in [0.5, 0.6) is 0 Å². The third-order valence-corrected chi connectivity index (χ3v) is 4.16. The average Bonchev–Trinajstić information content (AvgIpc) is 2.57. The van der Waals surface area contributed by atoms with Crippen molar-refractivity contribution in [3.63, 3.8) is 0 Å². The number of nitro groups is 2. The number of benzene rings is 1. The van der Waals surface area contributed by atoms with Crippen LogP contribution < -0.4 is 0 Å². The molecule has 1 aliphatic rings. The summed E-state index contributed by atoms with van der Waals surface area (Å²) in [5.74, 6) is -0.960. The predicted molar refractivity (Wildman–Crippen MR) is 82.0 cm³/mol. The molecule has 1 aromatic rings. The first kappa shape index (κ1) is 18.4. The van der Waals surface area contributed by atoms with Crippen molar-refractivity contribution < 1.29 is 33.6 Å². The highest BCUT2D eigenvalue weighted by Gasteiger charge is 2.41. The van der Waals surface area contributed by atoms with Gasteiger partial charge in [0.05, 0.1) is 20.8 Å². The van der Waals surface area contributed by atoms with Crippen LogP contribution in [-0.4, -0.2) is 41.1 Å². The van der Waals surface area contributed by atoms with Gasteiger partial charge in [0.25, 0.3) is 11.4 Å². The van der Waals surface area contributed by atoms with E-state index in [-0.39, 0.29) is 24.0 Å². The maximum atomic E-state index is 12.0. The van der Waals surface area contributed by atoms with Crippen molar-refractivity contribution in [2.24, 2.45) is 5.41 Å². The Hall–Kier alpha value is -2.89. The van der Waals surface area contributed by atoms with Gasteiger partial charge in [-0.05, 0) is 13.0 Å². The minimum atomic E-state index is -1.17. The number of nitrogens with zero attached hydrogens (tertiary/aromatic N) is 2. The van der Waals surface area contributed by atoms with Crippen LogP contribution in [0.2, 0.25) is 0 Å². The van der Waals surface area contributed by atoms with E-state index < -0.39 is 38.8 Å². The first-order chi connectivity index (χ1) is 11.7. The molecule has 134 valence electrons. The zero-order valence-corrected chi connectivity index (χ0v) is 13.6. The fourth-order valence-corrected chi connectivity index (χ4v) is 2.58. The second kappa shape index (κ2) is 7.34. The molecule has 1 aromatic carbocycles. The SMILES string of the molecule is CC1(C(=O)OCSc2ccc([N+](=O)[O-])cc2[N+](=O)[O-])COC(=O)OC1. The molecule has 1 fully saturated rings. The van der Waals surface area contributed by atoms with E-state index >= 15 is 0 Å². The number of non-ortho nitro benzene ring substituents is 1. The Morgan fingerprint density at radius 2 is 1.92 bits per heavy atom. The summed E-state index contributed by atoms with van der Waals surface area (Å²) in [7, 11) is 0. The number of cyclic esters (lactones) is 2. The van der Waals surface area contributed by atoms with Crippen molar-refractivity contribution >= 4 is 35.3 Å². The van der Waals surface area contributed by atoms with Crippen LogP contribution in [-0.2, 0) is 19.0 Å². The van der Waals surface area contributed by atoms with Crippen molar-refractivity contribution in [2.75, 3.05) is 19.2 Å². The standard InChI is InChI=1S/C13H12N2O9S/c1-13(5-22-12(17)23-6-13)11(16)24-7-25-10-3-2-8(14(18)19)4-9(10)15(20)21/h2-4H,5-7H2,1H3. The van der Waals surface area contributed by atoms with Crippen LogP contribution in [0.1, 0.15) is 6.92 Å². The van der Waals surface area contributed by atoms with Gasteiger partial charge in [-0.1, -0.05) is 11.8 Å². The topological polar surface area (TPSA) is 148 Å². The number of nitro benzene ring substituents is 2. The number of esters is 1. The highest BCUT2D eigenvalue weighted by atomic mass is 32.2. The van der Waals surface area contributed by atoms with Gasteiger partial charge in [-0.25, -0.2) is 4.79 Å². The quantitative estimate of drug-likeness (QED) is 0.239. The van der Waals surface area contributed by atoms with Crippen molar-refractivity contribution in [1.29, 1.82) is 0 Å². The van der Waals surface area contributed by atoms with Crippen LogP contribution in [0.15, 0.2) is 23.1 Å². The number of hydrogen-bond acceptors (Lipinski definition) is 10. The molecular formula is C13H12N2O9S. The summed E-state index contributed by atoms with van der Waals surface area (Å²) in [5, 5.41) is 21.7. The van der Waals surface area contributed by atoms with Gasteiger partial charge in [-0.15, -0.1) is 0 Å². The van der Waals surface area contributed by atoms with Gasteiger partial charge in [0.15, 0.2) is 0 Å². The lowest BCUT2D eigenvalue weighted by atomic mass is 9.93. The van der Waals surface area contributed by atoms with Crippen LogP contribution in [0.4, 0.5) is 16.2 Å². The van der Waals surface area contributed by atoms with Crippen molar-refractivity contribution in [2.45, 2.75) is 11.8 Å². The van der Waals surface area contributed by atoms with E-state index in [4.69, 9.17) is 4.74 Å². The molecule has 0 saturated carbocycles. The summed E-state index contributed by atoms with van der Waals surface area (Å²) in [6.07, 6.45) is -0.874. The molecule has 0 radical (unpaired) electrons. The first-order valence-electron chi connectivity index (χ1n) is 6.75. The van der Waals surface area contributed by atoms with Crippen LogP contribution >= 0.6 is 11.8 Å². The molecule has 2 rings (SSSR count). The minimum absolute atomic E-state index is 0.111. The van der Waals surface area contributed by atoms with Crippen LogP contribution in [0.25, 0.3) is 0 Å². The number of thioether (sulfide) groups is 1. The number of carbonyl (C=O) groups is 2. The van der Waals surface area contributed by atoms with Gasteiger partial charge in [0.1, 0.15) is 24.6 Å². The minimum Gasteiger partial charge on any atom is -0.454 e. The van der Waals surface area contributed by atoms with E-state index in [0.717, 1.165) is 23.9 Å². The highest BCUT2D eigenvalue weighted by Crippen LogP contribution is 2.33. The van der Waals surface area contributed by atoms with Gasteiger partial charge in [-0.2, -0.15) is 0 Å². The molecule has 12 heteroatoms. The summed E-state index contributed by atoms with van der Waals surface area (Å²) in [5.41, 5.74) is -2.05. The lowest BCUT2D eigenvalue weighted by molar-refractivity contribution is -0.396. The highest BCUT2D eigenvalue weighted by molar-refractivity contribution is 7.99. The number of carbonyl (C=O) groups excluding carboxylic acids is 2. The fraction of sp³-hybridized carbons (Fsp3) is 0.385. The van der Waals surface area contributed by atoms with Crippen LogP contribution in [0.3, 0.4) is 0 Å². The Balaban J connectivity index is 1.99. The number of ether oxygens (including phenoxy) is 3. The summed E-state index contributed by atoms with van der Waals surface area (Å²) in [6, 6.07) is 3.16. The molecule has 0 unspecified atom stereocenters. The molecule has 0 aromatic heterocycles. The molecule has 0 aliphatic carbocycles. The molecule has 1 heterocycles. The van der Waals surface area contributed by atoms with Gasteiger partial charge in [0.2, 0.25) is 0 Å². The monoisotopic (exact) mass is 372 g/mol. The molecule has 0 spiro atoms. The van der Waals surface area contributed by atoms with Gasteiger partial charge in [-0.3, -0.25) is 25.0 Å². The van der Waals surface area contributed by atoms with Crippen molar-refractivity contribution in [1.82, 2.24) is 0 Å². The average molecular weight is 372 g/mol. The van der Waals surface area contributed by atoms with E-state index in [1.165, 1.54) is 13.0 Å². The first-order valence-corrected chi connectivity index (χ1v) is 7.74. The van der Waals surface area contributed by atoms with E-state index in [1.807, 2.05) is 0 Å². The normalized spacial score (nSPS) is 15.6. The molecule has 1 aliphatic heterocycles. The van der Waals surface area contributed by atoms with Crippen molar-refractivity contribution in [3.05, 3.63) is 38.4 Å². The number of rotatable bonds is 6. The van der Waals surface area contributed by atoms with Gasteiger partial charge >= 0.3 is 12.1 Å². The maximum Gasteiger partial charge on any atom is 0.508 e. The second-order valence-electron chi connectivity index (χ2n) is 5.25. The Kier molecular flexibility index (Phi) is 5.41. The maximum absolute atomic E-state index is 12.0. The predicted octanol–water partition coefficient (Wildman–Crippen LogP) is 2.27.